The number of aryl methyl sites for hydroxylation is 1. The molecule has 27 heavy (non-hydrogen) atoms. The minimum absolute atomic E-state index is 0.0724. The second-order valence-corrected chi connectivity index (χ2v) is 5.90. The molecule has 0 radical (unpaired) electrons. The van der Waals surface area contributed by atoms with Gasteiger partial charge in [-0.3, -0.25) is 0 Å². The van der Waals surface area contributed by atoms with Gasteiger partial charge in [0, 0.05) is 11.6 Å². The van der Waals surface area contributed by atoms with Crippen molar-refractivity contribution in [2.24, 2.45) is 0 Å². The van der Waals surface area contributed by atoms with Crippen LogP contribution in [0, 0.1) is 6.92 Å². The Labute approximate surface area is 154 Å². The largest absolute Gasteiger partial charge is 0.513 e. The summed E-state index contributed by atoms with van der Waals surface area (Å²) in [7, 11) is 0. The van der Waals surface area contributed by atoms with Crippen LogP contribution in [0.3, 0.4) is 0 Å². The molecule has 0 saturated heterocycles. The predicted octanol–water partition coefficient (Wildman–Crippen LogP) is 4.62. The highest BCUT2D eigenvalue weighted by molar-refractivity contribution is 5.68. The van der Waals surface area contributed by atoms with Crippen LogP contribution in [0.4, 0.5) is 4.79 Å². The van der Waals surface area contributed by atoms with Crippen LogP contribution in [0.2, 0.25) is 0 Å². The standard InChI is InChI=1S/C20H16O7/c1-12-15(9-19(26-12)27-20(21)22)10-23-16-5-2-13(3-6-16)14-4-7-17-18(8-14)25-11-24-17/h2-9H,10-11H2,1H3,(H,21,22). The Bertz CT molecular complexity index is 972. The minimum Gasteiger partial charge on any atom is -0.489 e. The van der Waals surface area contributed by atoms with Gasteiger partial charge in [-0.15, -0.1) is 0 Å². The lowest BCUT2D eigenvalue weighted by Gasteiger charge is -2.07. The zero-order valence-electron chi connectivity index (χ0n) is 14.4. The van der Waals surface area contributed by atoms with E-state index in [0.717, 1.165) is 22.6 Å². The first kappa shape index (κ1) is 16.8. The zero-order valence-corrected chi connectivity index (χ0v) is 14.4. The van der Waals surface area contributed by atoms with Gasteiger partial charge in [0.1, 0.15) is 18.1 Å². The van der Waals surface area contributed by atoms with E-state index in [1.807, 2.05) is 42.5 Å². The lowest BCUT2D eigenvalue weighted by molar-refractivity contribution is 0.132. The molecule has 0 atom stereocenters. The van der Waals surface area contributed by atoms with E-state index >= 15 is 0 Å². The summed E-state index contributed by atoms with van der Waals surface area (Å²) in [5, 5.41) is 8.62. The molecule has 2 heterocycles. The number of hydrogen-bond donors (Lipinski definition) is 1. The number of carbonyl (C=O) groups is 1. The van der Waals surface area contributed by atoms with Gasteiger partial charge >= 0.3 is 6.16 Å². The fourth-order valence-electron chi connectivity index (χ4n) is 2.75. The van der Waals surface area contributed by atoms with Crippen molar-refractivity contribution in [1.29, 1.82) is 0 Å². The molecule has 3 aromatic rings. The number of ether oxygens (including phenoxy) is 4. The summed E-state index contributed by atoms with van der Waals surface area (Å²) in [6.07, 6.45) is -1.42. The van der Waals surface area contributed by atoms with Crippen molar-refractivity contribution in [2.75, 3.05) is 6.79 Å². The molecule has 0 bridgehead atoms. The van der Waals surface area contributed by atoms with E-state index in [0.29, 0.717) is 17.1 Å². The number of furan rings is 1. The molecule has 0 aliphatic carbocycles. The average Bonchev–Trinajstić information content (AvgIpc) is 3.25. The van der Waals surface area contributed by atoms with E-state index in [1.54, 1.807) is 6.92 Å². The maximum Gasteiger partial charge on any atom is 0.513 e. The molecule has 138 valence electrons. The lowest BCUT2D eigenvalue weighted by Crippen LogP contribution is -2.01. The predicted molar refractivity (Wildman–Crippen MR) is 94.4 cm³/mol. The zero-order chi connectivity index (χ0) is 18.8. The van der Waals surface area contributed by atoms with Crippen molar-refractivity contribution in [1.82, 2.24) is 0 Å². The third-order valence-electron chi connectivity index (χ3n) is 4.14. The minimum atomic E-state index is -1.42. The Morgan fingerprint density at radius 2 is 1.78 bits per heavy atom. The van der Waals surface area contributed by atoms with Crippen LogP contribution in [0.1, 0.15) is 11.3 Å². The Hall–Kier alpha value is -3.61. The van der Waals surface area contributed by atoms with E-state index in [1.165, 1.54) is 6.07 Å². The number of benzene rings is 2. The number of carboxylic acid groups (broad SMARTS) is 1. The molecule has 4 rings (SSSR count). The van der Waals surface area contributed by atoms with Crippen LogP contribution in [-0.4, -0.2) is 18.1 Å². The van der Waals surface area contributed by atoms with Gasteiger partial charge in [-0.05, 0) is 42.3 Å². The summed E-state index contributed by atoms with van der Waals surface area (Å²) in [6.45, 7) is 2.20. The monoisotopic (exact) mass is 368 g/mol. The Morgan fingerprint density at radius 3 is 2.56 bits per heavy atom. The van der Waals surface area contributed by atoms with Crippen LogP contribution in [0.5, 0.6) is 23.2 Å². The van der Waals surface area contributed by atoms with E-state index in [2.05, 4.69) is 4.74 Å². The Balaban J connectivity index is 1.42. The lowest BCUT2D eigenvalue weighted by atomic mass is 10.1. The van der Waals surface area contributed by atoms with E-state index < -0.39 is 6.16 Å². The van der Waals surface area contributed by atoms with Gasteiger partial charge in [0.2, 0.25) is 6.79 Å². The van der Waals surface area contributed by atoms with Gasteiger partial charge in [-0.1, -0.05) is 18.2 Å². The molecule has 1 aliphatic heterocycles. The van der Waals surface area contributed by atoms with Gasteiger partial charge in [-0.2, -0.15) is 0 Å². The van der Waals surface area contributed by atoms with E-state index in [-0.39, 0.29) is 19.3 Å². The molecule has 0 saturated carbocycles. The highest BCUT2D eigenvalue weighted by atomic mass is 16.7. The van der Waals surface area contributed by atoms with Crippen LogP contribution >= 0.6 is 0 Å². The molecular weight excluding hydrogens is 352 g/mol. The van der Waals surface area contributed by atoms with Gasteiger partial charge in [-0.25, -0.2) is 4.79 Å². The second-order valence-electron chi connectivity index (χ2n) is 5.90. The molecular formula is C20H16O7. The molecule has 7 nitrogen and oxygen atoms in total. The van der Waals surface area contributed by atoms with Crippen molar-refractivity contribution < 1.29 is 33.3 Å². The summed E-state index contributed by atoms with van der Waals surface area (Å²) in [6, 6.07) is 14.9. The maximum absolute atomic E-state index is 10.6. The molecule has 1 aromatic heterocycles. The topological polar surface area (TPSA) is 87.4 Å². The molecule has 0 amide bonds. The first-order chi connectivity index (χ1) is 13.1. The fourth-order valence-corrected chi connectivity index (χ4v) is 2.75. The molecule has 0 spiro atoms. The van der Waals surface area contributed by atoms with Crippen LogP contribution in [-0.2, 0) is 6.61 Å². The number of fused-ring (bicyclic) bond motifs is 1. The second kappa shape index (κ2) is 6.95. The van der Waals surface area contributed by atoms with Crippen molar-refractivity contribution in [3.8, 4) is 34.3 Å². The quantitative estimate of drug-likeness (QED) is 0.658. The van der Waals surface area contributed by atoms with E-state index in [9.17, 15) is 4.79 Å². The molecule has 2 aromatic carbocycles. The van der Waals surface area contributed by atoms with Crippen molar-refractivity contribution >= 4 is 6.16 Å². The van der Waals surface area contributed by atoms with Crippen molar-refractivity contribution in [2.45, 2.75) is 13.5 Å². The van der Waals surface area contributed by atoms with Gasteiger partial charge in [0.15, 0.2) is 11.5 Å². The summed E-state index contributed by atoms with van der Waals surface area (Å²) >= 11 is 0. The summed E-state index contributed by atoms with van der Waals surface area (Å²) in [5.41, 5.74) is 2.76. The highest BCUT2D eigenvalue weighted by Crippen LogP contribution is 2.36. The maximum atomic E-state index is 10.6. The first-order valence-corrected chi connectivity index (χ1v) is 8.21. The summed E-state index contributed by atoms with van der Waals surface area (Å²) in [4.78, 5) is 10.6. The summed E-state index contributed by atoms with van der Waals surface area (Å²) in [5.74, 6) is 2.64. The van der Waals surface area contributed by atoms with Crippen molar-refractivity contribution in [3.63, 3.8) is 0 Å². The smallest absolute Gasteiger partial charge is 0.489 e. The third-order valence-corrected chi connectivity index (χ3v) is 4.14. The van der Waals surface area contributed by atoms with Crippen LogP contribution < -0.4 is 18.9 Å². The normalized spacial score (nSPS) is 12.0. The molecule has 1 aliphatic rings. The van der Waals surface area contributed by atoms with E-state index in [4.69, 9.17) is 23.7 Å². The van der Waals surface area contributed by atoms with Gasteiger partial charge < -0.3 is 28.5 Å². The SMILES string of the molecule is Cc1oc(OC(=O)O)cc1COc1ccc(-c2ccc3c(c2)OCO3)cc1. The molecule has 0 fully saturated rings. The Kier molecular flexibility index (Phi) is 4.33. The van der Waals surface area contributed by atoms with Gasteiger partial charge in [0.05, 0.1) is 0 Å². The first-order valence-electron chi connectivity index (χ1n) is 8.21. The summed E-state index contributed by atoms with van der Waals surface area (Å²) < 4.78 is 26.2. The third kappa shape index (κ3) is 3.67. The molecule has 1 N–H and O–H groups in total. The fraction of sp³-hybridized carbons (Fsp3) is 0.150. The highest BCUT2D eigenvalue weighted by Gasteiger charge is 2.14. The molecule has 0 unspecified atom stereocenters. The number of hydrogen-bond acceptors (Lipinski definition) is 6. The average molecular weight is 368 g/mol. The van der Waals surface area contributed by atoms with Crippen LogP contribution in [0.25, 0.3) is 11.1 Å². The van der Waals surface area contributed by atoms with Crippen molar-refractivity contribution in [3.05, 3.63) is 59.9 Å². The van der Waals surface area contributed by atoms with Crippen LogP contribution in [0.15, 0.2) is 52.9 Å². The van der Waals surface area contributed by atoms with Gasteiger partial charge in [0.25, 0.3) is 5.95 Å². The molecule has 7 heteroatoms. The number of rotatable bonds is 5. The Morgan fingerprint density at radius 1 is 1.04 bits per heavy atom.